The molecule has 3 rings (SSSR count). The Morgan fingerprint density at radius 1 is 1.14 bits per heavy atom. The largest absolute Gasteiger partial charge is 0.494 e. The van der Waals surface area contributed by atoms with E-state index >= 15 is 0 Å². The minimum atomic E-state index is -0.533. The average Bonchev–Trinajstić information content (AvgIpc) is 2.67. The van der Waals surface area contributed by atoms with Gasteiger partial charge in [-0.15, -0.1) is 0 Å². The van der Waals surface area contributed by atoms with Crippen molar-refractivity contribution in [3.63, 3.8) is 0 Å². The standard InChI is InChI=1S/C18H16F2O2/c1-22-17-9-12-3-2-4-14(11-5-7-13(19)8-6-11)18(21)15(12)10-16(17)20/h5-10,14H,2-4H2,1H3. The minimum Gasteiger partial charge on any atom is -0.494 e. The fourth-order valence-corrected chi connectivity index (χ4v) is 3.02. The highest BCUT2D eigenvalue weighted by molar-refractivity contribution is 6.02. The molecule has 0 aliphatic heterocycles. The summed E-state index contributed by atoms with van der Waals surface area (Å²) in [5, 5.41) is 0. The molecule has 0 bridgehead atoms. The molecule has 0 saturated carbocycles. The number of halogens is 2. The lowest BCUT2D eigenvalue weighted by atomic mass is 9.88. The van der Waals surface area contributed by atoms with Crippen LogP contribution in [0.3, 0.4) is 0 Å². The SMILES string of the molecule is COc1cc2c(cc1F)C(=O)C(c1ccc(F)cc1)CCC2. The zero-order valence-corrected chi connectivity index (χ0v) is 12.2. The van der Waals surface area contributed by atoms with Gasteiger partial charge in [0.15, 0.2) is 17.3 Å². The highest BCUT2D eigenvalue weighted by Gasteiger charge is 2.28. The topological polar surface area (TPSA) is 26.3 Å². The third-order valence-corrected chi connectivity index (χ3v) is 4.17. The lowest BCUT2D eigenvalue weighted by molar-refractivity contribution is 0.0957. The van der Waals surface area contributed by atoms with Gasteiger partial charge < -0.3 is 4.74 Å². The summed E-state index contributed by atoms with van der Waals surface area (Å²) < 4.78 is 32.0. The predicted octanol–water partition coefficient (Wildman–Crippen LogP) is 4.28. The van der Waals surface area contributed by atoms with E-state index in [1.54, 1.807) is 18.2 Å². The number of ketones is 1. The number of benzene rings is 2. The first-order valence-electron chi connectivity index (χ1n) is 7.26. The quantitative estimate of drug-likeness (QED) is 0.774. The van der Waals surface area contributed by atoms with Gasteiger partial charge in [-0.1, -0.05) is 12.1 Å². The first-order chi connectivity index (χ1) is 10.6. The molecule has 0 radical (unpaired) electrons. The minimum absolute atomic E-state index is 0.110. The molecule has 2 aromatic carbocycles. The van der Waals surface area contributed by atoms with Crippen LogP contribution in [0.1, 0.15) is 40.2 Å². The Morgan fingerprint density at radius 3 is 2.55 bits per heavy atom. The Balaban J connectivity index is 2.02. The first kappa shape index (κ1) is 14.7. The van der Waals surface area contributed by atoms with Crippen LogP contribution in [0.4, 0.5) is 8.78 Å². The van der Waals surface area contributed by atoms with E-state index in [0.717, 1.165) is 17.5 Å². The number of carbonyl (C=O) groups is 1. The normalized spacial score (nSPS) is 17.8. The van der Waals surface area contributed by atoms with Gasteiger partial charge >= 0.3 is 0 Å². The predicted molar refractivity (Wildman–Crippen MR) is 79.4 cm³/mol. The number of methoxy groups -OCH3 is 1. The lowest BCUT2D eigenvalue weighted by Gasteiger charge is -2.14. The van der Waals surface area contributed by atoms with E-state index in [1.165, 1.54) is 25.3 Å². The third kappa shape index (κ3) is 2.61. The maximum atomic E-state index is 13.9. The van der Waals surface area contributed by atoms with Crippen LogP contribution in [0.15, 0.2) is 36.4 Å². The summed E-state index contributed by atoms with van der Waals surface area (Å²) in [6, 6.07) is 8.82. The van der Waals surface area contributed by atoms with Gasteiger partial charge in [0.25, 0.3) is 0 Å². The van der Waals surface area contributed by atoms with Crippen molar-refractivity contribution < 1.29 is 18.3 Å². The van der Waals surface area contributed by atoms with Gasteiger partial charge in [-0.2, -0.15) is 0 Å². The van der Waals surface area contributed by atoms with Gasteiger partial charge in [0.1, 0.15) is 5.82 Å². The van der Waals surface area contributed by atoms with Crippen molar-refractivity contribution in [3.05, 3.63) is 64.7 Å². The van der Waals surface area contributed by atoms with Crippen LogP contribution in [-0.2, 0) is 6.42 Å². The molecule has 0 N–H and O–H groups in total. The van der Waals surface area contributed by atoms with Crippen LogP contribution in [0.25, 0.3) is 0 Å². The summed E-state index contributed by atoms with van der Waals surface area (Å²) in [6.45, 7) is 0. The number of carbonyl (C=O) groups excluding carboxylic acids is 1. The van der Waals surface area contributed by atoms with E-state index in [9.17, 15) is 13.6 Å². The Kier molecular flexibility index (Phi) is 3.92. The zero-order chi connectivity index (χ0) is 15.7. The Hall–Kier alpha value is -2.23. The molecule has 0 aromatic heterocycles. The van der Waals surface area contributed by atoms with Crippen molar-refractivity contribution in [3.8, 4) is 5.75 Å². The second-order valence-corrected chi connectivity index (χ2v) is 5.50. The van der Waals surface area contributed by atoms with E-state index in [0.29, 0.717) is 18.4 Å². The van der Waals surface area contributed by atoms with Crippen molar-refractivity contribution in [1.29, 1.82) is 0 Å². The molecule has 0 fully saturated rings. The highest BCUT2D eigenvalue weighted by Crippen LogP contribution is 2.34. The molecular weight excluding hydrogens is 286 g/mol. The Labute approximate surface area is 127 Å². The molecular formula is C18H16F2O2. The van der Waals surface area contributed by atoms with Gasteiger partial charge in [0.2, 0.25) is 0 Å². The van der Waals surface area contributed by atoms with E-state index in [2.05, 4.69) is 0 Å². The molecule has 114 valence electrons. The van der Waals surface area contributed by atoms with Crippen molar-refractivity contribution >= 4 is 5.78 Å². The number of hydrogen-bond donors (Lipinski definition) is 0. The number of rotatable bonds is 2. The highest BCUT2D eigenvalue weighted by atomic mass is 19.1. The smallest absolute Gasteiger partial charge is 0.170 e. The number of hydrogen-bond acceptors (Lipinski definition) is 2. The molecule has 1 aliphatic rings. The van der Waals surface area contributed by atoms with Crippen molar-refractivity contribution in [1.82, 2.24) is 0 Å². The molecule has 0 heterocycles. The van der Waals surface area contributed by atoms with Crippen molar-refractivity contribution in [2.24, 2.45) is 0 Å². The molecule has 0 amide bonds. The summed E-state index contributed by atoms with van der Waals surface area (Å²) in [7, 11) is 1.41. The summed E-state index contributed by atoms with van der Waals surface area (Å²) in [4.78, 5) is 12.8. The maximum absolute atomic E-state index is 13.9. The van der Waals surface area contributed by atoms with Crippen LogP contribution >= 0.6 is 0 Å². The molecule has 2 nitrogen and oxygen atoms in total. The maximum Gasteiger partial charge on any atom is 0.170 e. The summed E-state index contributed by atoms with van der Waals surface area (Å²) in [5.74, 6) is -1.17. The number of Topliss-reactive ketones (excluding diaryl/α,β-unsaturated/α-hetero) is 1. The molecule has 0 saturated heterocycles. The van der Waals surface area contributed by atoms with Crippen molar-refractivity contribution in [2.75, 3.05) is 7.11 Å². The van der Waals surface area contributed by atoms with Gasteiger partial charge in [-0.25, -0.2) is 8.78 Å². The van der Waals surface area contributed by atoms with Gasteiger partial charge in [-0.3, -0.25) is 4.79 Å². The molecule has 0 spiro atoms. The second-order valence-electron chi connectivity index (χ2n) is 5.50. The molecule has 4 heteroatoms. The summed E-state index contributed by atoms with van der Waals surface area (Å²) in [6.07, 6.45) is 2.19. The fraction of sp³-hybridized carbons (Fsp3) is 0.278. The van der Waals surface area contributed by atoms with E-state index in [1.807, 2.05) is 0 Å². The average molecular weight is 302 g/mol. The Morgan fingerprint density at radius 2 is 1.86 bits per heavy atom. The van der Waals surface area contributed by atoms with E-state index in [-0.39, 0.29) is 23.3 Å². The fourth-order valence-electron chi connectivity index (χ4n) is 3.02. The monoisotopic (exact) mass is 302 g/mol. The zero-order valence-electron chi connectivity index (χ0n) is 12.2. The lowest BCUT2D eigenvalue weighted by Crippen LogP contribution is -2.13. The van der Waals surface area contributed by atoms with Crippen LogP contribution in [0, 0.1) is 11.6 Å². The molecule has 22 heavy (non-hydrogen) atoms. The summed E-state index contributed by atoms with van der Waals surface area (Å²) in [5.41, 5.74) is 1.99. The van der Waals surface area contributed by atoms with Crippen LogP contribution in [-0.4, -0.2) is 12.9 Å². The number of fused-ring (bicyclic) bond motifs is 1. The molecule has 2 aromatic rings. The third-order valence-electron chi connectivity index (χ3n) is 4.17. The molecule has 1 unspecified atom stereocenters. The molecule has 1 atom stereocenters. The van der Waals surface area contributed by atoms with E-state index < -0.39 is 5.82 Å². The Bertz CT molecular complexity index is 708. The summed E-state index contributed by atoms with van der Waals surface area (Å²) >= 11 is 0. The van der Waals surface area contributed by atoms with Crippen LogP contribution in [0.5, 0.6) is 5.75 Å². The molecule has 1 aliphatic carbocycles. The number of ether oxygens (including phenoxy) is 1. The van der Waals surface area contributed by atoms with Crippen LogP contribution < -0.4 is 4.74 Å². The second kappa shape index (κ2) is 5.87. The van der Waals surface area contributed by atoms with Gasteiger partial charge in [-0.05, 0) is 54.7 Å². The van der Waals surface area contributed by atoms with E-state index in [4.69, 9.17) is 4.74 Å². The van der Waals surface area contributed by atoms with Gasteiger partial charge in [0.05, 0.1) is 7.11 Å². The number of aryl methyl sites for hydroxylation is 1. The van der Waals surface area contributed by atoms with Crippen LogP contribution in [0.2, 0.25) is 0 Å². The van der Waals surface area contributed by atoms with Crippen molar-refractivity contribution in [2.45, 2.75) is 25.2 Å². The first-order valence-corrected chi connectivity index (χ1v) is 7.26. The van der Waals surface area contributed by atoms with Gasteiger partial charge in [0, 0.05) is 11.5 Å².